The van der Waals surface area contributed by atoms with Crippen LogP contribution in [0.2, 0.25) is 0 Å². The topological polar surface area (TPSA) is 26.0 Å². The molecule has 0 aliphatic heterocycles. The Morgan fingerprint density at radius 2 is 0.730 bits per heavy atom. The smallest absolute Gasteiger partial charge is 0.0358 e. The van der Waals surface area contributed by atoms with E-state index in [1.165, 1.54) is 44.5 Å². The summed E-state index contributed by atoms with van der Waals surface area (Å²) in [5.74, 6) is 0. The second kappa shape index (κ2) is 9.53. The number of hydrogen-bond donors (Lipinski definition) is 1. The second-order valence-electron chi connectivity index (χ2n) is 13.5. The van der Waals surface area contributed by atoms with Crippen LogP contribution in [0, 0.1) is 0 Å². The van der Waals surface area contributed by atoms with Crippen LogP contribution in [0.4, 0.5) is 5.69 Å². The van der Waals surface area contributed by atoms with Crippen LogP contribution in [0.15, 0.2) is 84.9 Å². The average molecular weight is 490 g/mol. The van der Waals surface area contributed by atoms with Gasteiger partial charge < -0.3 is 5.73 Å². The van der Waals surface area contributed by atoms with Gasteiger partial charge in [-0.3, -0.25) is 0 Å². The maximum Gasteiger partial charge on any atom is 0.0358 e. The van der Waals surface area contributed by atoms with Gasteiger partial charge >= 0.3 is 0 Å². The minimum Gasteiger partial charge on any atom is -0.398 e. The Bertz CT molecular complexity index is 1310. The number of rotatable bonds is 3. The molecular weight excluding hydrogens is 446 g/mol. The van der Waals surface area contributed by atoms with Gasteiger partial charge in [0.05, 0.1) is 0 Å². The molecule has 192 valence electrons. The Balaban J connectivity index is 1.86. The maximum absolute atomic E-state index is 6.56. The van der Waals surface area contributed by atoms with E-state index in [1.807, 2.05) is 0 Å². The summed E-state index contributed by atoms with van der Waals surface area (Å²) >= 11 is 0. The van der Waals surface area contributed by atoms with E-state index in [0.29, 0.717) is 0 Å². The molecule has 0 atom stereocenters. The lowest BCUT2D eigenvalue weighted by molar-refractivity contribution is 0.590. The first-order chi connectivity index (χ1) is 17.1. The molecule has 0 saturated carbocycles. The molecule has 4 rings (SSSR count). The van der Waals surface area contributed by atoms with Crippen LogP contribution in [0.3, 0.4) is 0 Å². The first-order valence-electron chi connectivity index (χ1n) is 13.4. The van der Waals surface area contributed by atoms with E-state index in [9.17, 15) is 0 Å². The summed E-state index contributed by atoms with van der Waals surface area (Å²) in [4.78, 5) is 0. The van der Waals surface area contributed by atoms with Crippen molar-refractivity contribution in [3.8, 4) is 33.4 Å². The van der Waals surface area contributed by atoms with Crippen LogP contribution < -0.4 is 5.73 Å². The van der Waals surface area contributed by atoms with Crippen LogP contribution >= 0.6 is 0 Å². The van der Waals surface area contributed by atoms with Crippen molar-refractivity contribution in [1.82, 2.24) is 0 Å². The highest BCUT2D eigenvalue weighted by Gasteiger charge is 2.18. The zero-order valence-electron chi connectivity index (χ0n) is 24.2. The van der Waals surface area contributed by atoms with Gasteiger partial charge in [0.1, 0.15) is 0 Å². The summed E-state index contributed by atoms with van der Waals surface area (Å²) in [6.45, 7) is 20.2. The Labute approximate surface area is 224 Å². The lowest BCUT2D eigenvalue weighted by Gasteiger charge is -2.22. The minimum absolute atomic E-state index is 0.0131. The number of benzene rings is 4. The Kier molecular flexibility index (Phi) is 6.88. The zero-order chi connectivity index (χ0) is 27.2. The van der Waals surface area contributed by atoms with Gasteiger partial charge in [0.2, 0.25) is 0 Å². The summed E-state index contributed by atoms with van der Waals surface area (Å²) in [6, 6.07) is 31.5. The lowest BCUT2D eigenvalue weighted by Crippen LogP contribution is -2.13. The third-order valence-electron chi connectivity index (χ3n) is 7.29. The fourth-order valence-electron chi connectivity index (χ4n) is 4.88. The number of nitrogen functional groups attached to an aromatic ring is 1. The fourth-order valence-corrected chi connectivity index (χ4v) is 4.88. The van der Waals surface area contributed by atoms with Crippen molar-refractivity contribution < 1.29 is 0 Å². The summed E-state index contributed by atoms with van der Waals surface area (Å²) in [7, 11) is 0. The van der Waals surface area contributed by atoms with E-state index in [0.717, 1.165) is 11.3 Å². The summed E-state index contributed by atoms with van der Waals surface area (Å²) in [5.41, 5.74) is 18.8. The predicted molar refractivity (Wildman–Crippen MR) is 163 cm³/mol. The van der Waals surface area contributed by atoms with Crippen LogP contribution in [0.1, 0.15) is 79.0 Å². The molecule has 4 aromatic carbocycles. The molecule has 0 spiro atoms. The van der Waals surface area contributed by atoms with Gasteiger partial charge in [0, 0.05) is 5.69 Å². The fraction of sp³-hybridized carbons (Fsp3) is 0.333. The molecule has 0 unspecified atom stereocenters. The molecule has 1 nitrogen and oxygen atoms in total. The monoisotopic (exact) mass is 489 g/mol. The van der Waals surface area contributed by atoms with E-state index in [-0.39, 0.29) is 16.2 Å². The largest absolute Gasteiger partial charge is 0.398 e. The highest BCUT2D eigenvalue weighted by atomic mass is 14.6. The van der Waals surface area contributed by atoms with Crippen molar-refractivity contribution in [1.29, 1.82) is 0 Å². The minimum atomic E-state index is 0.0131. The van der Waals surface area contributed by atoms with Crippen molar-refractivity contribution >= 4 is 5.69 Å². The van der Waals surface area contributed by atoms with Crippen LogP contribution in [-0.2, 0) is 16.2 Å². The molecule has 0 radical (unpaired) electrons. The second-order valence-corrected chi connectivity index (χ2v) is 13.5. The summed E-state index contributed by atoms with van der Waals surface area (Å²) in [5, 5.41) is 0. The van der Waals surface area contributed by atoms with E-state index >= 15 is 0 Å². The quantitative estimate of drug-likeness (QED) is 0.285. The Hall–Kier alpha value is -3.32. The van der Waals surface area contributed by atoms with Crippen LogP contribution in [0.25, 0.3) is 33.4 Å². The molecule has 37 heavy (non-hydrogen) atoms. The molecular formula is C36H43N. The van der Waals surface area contributed by atoms with Crippen molar-refractivity contribution in [3.63, 3.8) is 0 Å². The predicted octanol–water partition coefficient (Wildman–Crippen LogP) is 10.2. The molecule has 0 fully saturated rings. The Morgan fingerprint density at radius 3 is 1.05 bits per heavy atom. The standard InChI is InChI=1S/C36H43N/c1-34(2,3)30-15-10-24(11-16-30)27-20-28(25-12-17-31(18-13-25)35(4,5)6)22-29(21-27)26-14-19-32(33(37)23-26)36(7,8)9/h10-23H,37H2,1-9H3. The molecule has 0 saturated heterocycles. The van der Waals surface area contributed by atoms with Gasteiger partial charge in [0.25, 0.3) is 0 Å². The highest BCUT2D eigenvalue weighted by Crippen LogP contribution is 2.37. The first-order valence-corrected chi connectivity index (χ1v) is 13.4. The van der Waals surface area contributed by atoms with Gasteiger partial charge in [0.15, 0.2) is 0 Å². The Morgan fingerprint density at radius 1 is 0.378 bits per heavy atom. The molecule has 0 aromatic heterocycles. The molecule has 0 heterocycles. The number of hydrogen-bond acceptors (Lipinski definition) is 1. The van der Waals surface area contributed by atoms with Crippen LogP contribution in [-0.4, -0.2) is 0 Å². The zero-order valence-corrected chi connectivity index (χ0v) is 24.2. The van der Waals surface area contributed by atoms with Crippen molar-refractivity contribution in [2.45, 2.75) is 78.6 Å². The molecule has 2 N–H and O–H groups in total. The van der Waals surface area contributed by atoms with Gasteiger partial charge in [-0.2, -0.15) is 0 Å². The SMILES string of the molecule is CC(C)(C)c1ccc(-c2cc(-c3ccc(C(C)(C)C)cc3)cc(-c3ccc(C(C)(C)C)c(N)c3)c2)cc1. The van der Waals surface area contributed by atoms with E-state index < -0.39 is 0 Å². The molecule has 0 bridgehead atoms. The first kappa shape index (κ1) is 26.7. The van der Waals surface area contributed by atoms with E-state index in [1.54, 1.807) is 0 Å². The summed E-state index contributed by atoms with van der Waals surface area (Å²) in [6.07, 6.45) is 0. The van der Waals surface area contributed by atoms with Crippen molar-refractivity contribution in [2.75, 3.05) is 5.73 Å². The van der Waals surface area contributed by atoms with E-state index in [4.69, 9.17) is 5.73 Å². The lowest BCUT2D eigenvalue weighted by atomic mass is 9.84. The molecule has 0 aliphatic carbocycles. The third kappa shape index (κ3) is 5.99. The average Bonchev–Trinajstić information content (AvgIpc) is 2.82. The van der Waals surface area contributed by atoms with Gasteiger partial charge in [-0.25, -0.2) is 0 Å². The molecule has 4 aromatic rings. The third-order valence-corrected chi connectivity index (χ3v) is 7.29. The maximum atomic E-state index is 6.56. The van der Waals surface area contributed by atoms with Gasteiger partial charge in [-0.15, -0.1) is 0 Å². The molecule has 0 aliphatic rings. The van der Waals surface area contributed by atoms with E-state index in [2.05, 4.69) is 147 Å². The molecule has 0 amide bonds. The number of anilines is 1. The summed E-state index contributed by atoms with van der Waals surface area (Å²) < 4.78 is 0. The molecule has 1 heteroatoms. The highest BCUT2D eigenvalue weighted by molar-refractivity contribution is 5.82. The van der Waals surface area contributed by atoms with Crippen molar-refractivity contribution in [2.24, 2.45) is 0 Å². The van der Waals surface area contributed by atoms with Crippen molar-refractivity contribution in [3.05, 3.63) is 102 Å². The number of nitrogens with two attached hydrogens (primary N) is 1. The van der Waals surface area contributed by atoms with Gasteiger partial charge in [-0.1, -0.05) is 123 Å². The van der Waals surface area contributed by atoms with Gasteiger partial charge in [-0.05, 0) is 90.6 Å². The van der Waals surface area contributed by atoms with Crippen LogP contribution in [0.5, 0.6) is 0 Å². The normalized spacial score (nSPS) is 12.6.